The van der Waals surface area contributed by atoms with Crippen molar-refractivity contribution in [1.29, 1.82) is 0 Å². The van der Waals surface area contributed by atoms with Crippen LogP contribution >= 0.6 is 0 Å². The SMILES string of the molecule is COc1ccc(-c2cc(C(=O)N3C[C@H](C)C[C@H](C)C3)c3ccccc3n2)c(OC)c1. The number of pyridine rings is 1. The Morgan fingerprint density at radius 2 is 1.73 bits per heavy atom. The third kappa shape index (κ3) is 3.84. The van der Waals surface area contributed by atoms with Crippen LogP contribution in [0.15, 0.2) is 48.5 Å². The van der Waals surface area contributed by atoms with Crippen LogP contribution in [0.5, 0.6) is 11.5 Å². The monoisotopic (exact) mass is 404 g/mol. The maximum Gasteiger partial charge on any atom is 0.254 e. The van der Waals surface area contributed by atoms with Gasteiger partial charge in [0.1, 0.15) is 11.5 Å². The molecule has 0 saturated carbocycles. The van der Waals surface area contributed by atoms with E-state index in [4.69, 9.17) is 14.5 Å². The van der Waals surface area contributed by atoms with Crippen molar-refractivity contribution in [1.82, 2.24) is 9.88 Å². The smallest absolute Gasteiger partial charge is 0.254 e. The summed E-state index contributed by atoms with van der Waals surface area (Å²) in [4.78, 5) is 20.4. The summed E-state index contributed by atoms with van der Waals surface area (Å²) in [5.41, 5.74) is 3.04. The lowest BCUT2D eigenvalue weighted by molar-refractivity contribution is 0.0625. The molecule has 1 aliphatic heterocycles. The van der Waals surface area contributed by atoms with Gasteiger partial charge in [0.25, 0.3) is 5.91 Å². The molecule has 2 heterocycles. The second kappa shape index (κ2) is 8.34. The number of benzene rings is 2. The highest BCUT2D eigenvalue weighted by Gasteiger charge is 2.27. The number of rotatable bonds is 4. The lowest BCUT2D eigenvalue weighted by Gasteiger charge is -2.35. The van der Waals surface area contributed by atoms with E-state index in [1.54, 1.807) is 14.2 Å². The highest BCUT2D eigenvalue weighted by atomic mass is 16.5. The molecule has 1 amide bonds. The lowest BCUT2D eigenvalue weighted by Crippen LogP contribution is -2.42. The molecule has 0 radical (unpaired) electrons. The summed E-state index contributed by atoms with van der Waals surface area (Å²) < 4.78 is 10.9. The van der Waals surface area contributed by atoms with Gasteiger partial charge in [0, 0.05) is 30.1 Å². The van der Waals surface area contributed by atoms with Gasteiger partial charge in [0.05, 0.1) is 31.0 Å². The van der Waals surface area contributed by atoms with Gasteiger partial charge in [0.2, 0.25) is 0 Å². The second-order valence-corrected chi connectivity index (χ2v) is 8.29. The third-order valence-corrected chi connectivity index (χ3v) is 5.79. The van der Waals surface area contributed by atoms with Gasteiger partial charge in [-0.3, -0.25) is 4.79 Å². The summed E-state index contributed by atoms with van der Waals surface area (Å²) >= 11 is 0. The first-order valence-electron chi connectivity index (χ1n) is 10.4. The van der Waals surface area contributed by atoms with Crippen molar-refractivity contribution >= 4 is 16.8 Å². The predicted molar refractivity (Wildman–Crippen MR) is 119 cm³/mol. The topological polar surface area (TPSA) is 51.7 Å². The maximum absolute atomic E-state index is 13.6. The Kier molecular flexibility index (Phi) is 5.62. The Hall–Kier alpha value is -3.08. The van der Waals surface area contributed by atoms with E-state index in [0.717, 1.165) is 41.7 Å². The number of amides is 1. The second-order valence-electron chi connectivity index (χ2n) is 8.29. The van der Waals surface area contributed by atoms with Gasteiger partial charge in [-0.25, -0.2) is 4.98 Å². The van der Waals surface area contributed by atoms with E-state index in [1.807, 2.05) is 53.4 Å². The van der Waals surface area contributed by atoms with E-state index < -0.39 is 0 Å². The van der Waals surface area contributed by atoms with Gasteiger partial charge in [-0.15, -0.1) is 0 Å². The molecule has 0 aliphatic carbocycles. The predicted octanol–water partition coefficient (Wildman–Crippen LogP) is 5.04. The minimum atomic E-state index is 0.0701. The van der Waals surface area contributed by atoms with E-state index in [0.29, 0.717) is 28.9 Å². The zero-order chi connectivity index (χ0) is 21.3. The van der Waals surface area contributed by atoms with E-state index in [-0.39, 0.29) is 5.91 Å². The van der Waals surface area contributed by atoms with Crippen molar-refractivity contribution in [3.63, 3.8) is 0 Å². The van der Waals surface area contributed by atoms with E-state index >= 15 is 0 Å². The zero-order valence-corrected chi connectivity index (χ0v) is 18.0. The quantitative estimate of drug-likeness (QED) is 0.611. The van der Waals surface area contributed by atoms with E-state index in [9.17, 15) is 4.79 Å². The molecule has 30 heavy (non-hydrogen) atoms. The summed E-state index contributed by atoms with van der Waals surface area (Å²) in [6, 6.07) is 15.4. The molecule has 3 aromatic rings. The van der Waals surface area contributed by atoms with Crippen molar-refractivity contribution < 1.29 is 14.3 Å². The average molecular weight is 405 g/mol. The molecule has 1 aliphatic rings. The molecule has 0 bridgehead atoms. The first-order chi connectivity index (χ1) is 14.5. The van der Waals surface area contributed by atoms with Gasteiger partial charge in [-0.05, 0) is 42.5 Å². The van der Waals surface area contributed by atoms with Gasteiger partial charge in [-0.1, -0.05) is 32.0 Å². The number of aromatic nitrogens is 1. The van der Waals surface area contributed by atoms with E-state index in [1.165, 1.54) is 0 Å². The van der Waals surface area contributed by atoms with Crippen LogP contribution in [-0.4, -0.2) is 43.1 Å². The molecule has 1 saturated heterocycles. The van der Waals surface area contributed by atoms with Crippen LogP contribution in [0.2, 0.25) is 0 Å². The summed E-state index contributed by atoms with van der Waals surface area (Å²) in [5, 5.41) is 0.879. The van der Waals surface area contributed by atoms with E-state index in [2.05, 4.69) is 13.8 Å². The summed E-state index contributed by atoms with van der Waals surface area (Å²) in [6.07, 6.45) is 1.16. The van der Waals surface area contributed by atoms with Gasteiger partial charge >= 0.3 is 0 Å². The first kappa shape index (κ1) is 20.2. The number of hydrogen-bond acceptors (Lipinski definition) is 4. The molecule has 0 unspecified atom stereocenters. The van der Waals surface area contributed by atoms with Gasteiger partial charge in [0.15, 0.2) is 0 Å². The van der Waals surface area contributed by atoms with Crippen LogP contribution in [0.3, 0.4) is 0 Å². The van der Waals surface area contributed by atoms with Crippen molar-refractivity contribution in [2.24, 2.45) is 11.8 Å². The van der Waals surface area contributed by atoms with Gasteiger partial charge in [-0.2, -0.15) is 0 Å². The number of hydrogen-bond donors (Lipinski definition) is 0. The Labute approximate surface area is 177 Å². The molecule has 5 nitrogen and oxygen atoms in total. The molecule has 156 valence electrons. The molecule has 2 atom stereocenters. The summed E-state index contributed by atoms with van der Waals surface area (Å²) in [7, 11) is 3.25. The molecular formula is C25H28N2O3. The summed E-state index contributed by atoms with van der Waals surface area (Å²) in [6.45, 7) is 6.02. The molecule has 1 fully saturated rings. The standard InChI is InChI=1S/C25H28N2O3/c1-16-11-17(2)15-27(14-16)25(28)21-13-23(26-22-8-6-5-7-19(21)22)20-10-9-18(29-3)12-24(20)30-4/h5-10,12-13,16-17H,11,14-15H2,1-4H3/t16-,17+. The lowest BCUT2D eigenvalue weighted by atomic mass is 9.91. The van der Waals surface area contributed by atoms with Crippen molar-refractivity contribution in [2.75, 3.05) is 27.3 Å². The van der Waals surface area contributed by atoms with Gasteiger partial charge < -0.3 is 14.4 Å². The number of carbonyl (C=O) groups excluding carboxylic acids is 1. The van der Waals surface area contributed by atoms with Crippen molar-refractivity contribution in [3.05, 3.63) is 54.1 Å². The Balaban J connectivity index is 1.84. The number of para-hydroxylation sites is 1. The first-order valence-corrected chi connectivity index (χ1v) is 10.4. The number of fused-ring (bicyclic) bond motifs is 1. The number of likely N-dealkylation sites (tertiary alicyclic amines) is 1. The molecule has 0 N–H and O–H groups in total. The summed E-state index contributed by atoms with van der Waals surface area (Å²) in [5.74, 6) is 2.46. The molecular weight excluding hydrogens is 376 g/mol. The number of carbonyl (C=O) groups is 1. The maximum atomic E-state index is 13.6. The molecule has 4 rings (SSSR count). The number of nitrogens with zero attached hydrogens (tertiary/aromatic N) is 2. The largest absolute Gasteiger partial charge is 0.497 e. The minimum absolute atomic E-state index is 0.0701. The minimum Gasteiger partial charge on any atom is -0.497 e. The highest BCUT2D eigenvalue weighted by molar-refractivity contribution is 6.07. The van der Waals surface area contributed by atoms with Crippen LogP contribution in [0, 0.1) is 11.8 Å². The molecule has 1 aromatic heterocycles. The number of methoxy groups -OCH3 is 2. The number of ether oxygens (including phenoxy) is 2. The fourth-order valence-corrected chi connectivity index (χ4v) is 4.50. The Bertz CT molecular complexity index is 1070. The van der Waals surface area contributed by atoms with Crippen LogP contribution in [-0.2, 0) is 0 Å². The normalized spacial score (nSPS) is 19.0. The molecule has 2 aromatic carbocycles. The Morgan fingerprint density at radius 1 is 1.00 bits per heavy atom. The average Bonchev–Trinajstić information content (AvgIpc) is 2.76. The molecule has 5 heteroatoms. The van der Waals surface area contributed by atoms with Crippen LogP contribution in [0.25, 0.3) is 22.2 Å². The fourth-order valence-electron chi connectivity index (χ4n) is 4.50. The highest BCUT2D eigenvalue weighted by Crippen LogP contribution is 2.35. The Morgan fingerprint density at radius 3 is 2.43 bits per heavy atom. The van der Waals surface area contributed by atoms with Crippen LogP contribution in [0.4, 0.5) is 0 Å². The molecule has 0 spiro atoms. The van der Waals surface area contributed by atoms with Crippen LogP contribution < -0.4 is 9.47 Å². The third-order valence-electron chi connectivity index (χ3n) is 5.79. The fraction of sp³-hybridized carbons (Fsp3) is 0.360. The van der Waals surface area contributed by atoms with Crippen molar-refractivity contribution in [3.8, 4) is 22.8 Å². The van der Waals surface area contributed by atoms with Crippen LogP contribution in [0.1, 0.15) is 30.6 Å². The zero-order valence-electron chi connectivity index (χ0n) is 18.0. The van der Waals surface area contributed by atoms with Crippen molar-refractivity contribution in [2.45, 2.75) is 20.3 Å². The number of piperidine rings is 1.